The van der Waals surface area contributed by atoms with Crippen molar-refractivity contribution < 1.29 is 0 Å². The Bertz CT molecular complexity index is 1320. The molecular formula is C19H18N10S. The zero-order chi connectivity index (χ0) is 20.7. The van der Waals surface area contributed by atoms with Crippen molar-refractivity contribution in [3.63, 3.8) is 0 Å². The maximum Gasteiger partial charge on any atom is 0.222 e. The fraction of sp³-hybridized carbons (Fsp3) is 0.158. The molecule has 10 nitrogen and oxygen atoms in total. The van der Waals surface area contributed by atoms with Gasteiger partial charge < -0.3 is 15.6 Å². The second-order valence-electron chi connectivity index (χ2n) is 6.66. The van der Waals surface area contributed by atoms with E-state index in [1.54, 1.807) is 10.2 Å². The number of hydrogen-bond acceptors (Lipinski definition) is 9. The minimum absolute atomic E-state index is 0.191. The molecule has 5 heterocycles. The third-order valence-electron chi connectivity index (χ3n) is 4.75. The van der Waals surface area contributed by atoms with Crippen molar-refractivity contribution in [1.29, 1.82) is 0 Å². The van der Waals surface area contributed by atoms with Gasteiger partial charge in [0.1, 0.15) is 17.0 Å². The lowest BCUT2D eigenvalue weighted by Gasteiger charge is -2.18. The number of nitrogens with zero attached hydrogens (tertiary/aromatic N) is 8. The number of rotatable bonds is 5. The Balaban J connectivity index is 1.62. The minimum Gasteiger partial charge on any atom is -0.368 e. The molecule has 0 aliphatic carbocycles. The molecule has 0 fully saturated rings. The number of anilines is 3. The van der Waals surface area contributed by atoms with E-state index in [-0.39, 0.29) is 5.95 Å². The van der Waals surface area contributed by atoms with Gasteiger partial charge in [0.2, 0.25) is 11.1 Å². The third-order valence-corrected chi connectivity index (χ3v) is 5.46. The summed E-state index contributed by atoms with van der Waals surface area (Å²) < 4.78 is 1.77. The molecular weight excluding hydrogens is 400 g/mol. The van der Waals surface area contributed by atoms with Crippen molar-refractivity contribution in [2.75, 3.05) is 17.2 Å². The second kappa shape index (κ2) is 7.19. The summed E-state index contributed by atoms with van der Waals surface area (Å²) in [5.41, 5.74) is 12.1. The van der Waals surface area contributed by atoms with E-state index in [0.29, 0.717) is 18.1 Å². The number of aryl methyl sites for hydroxylation is 1. The predicted molar refractivity (Wildman–Crippen MR) is 116 cm³/mol. The first-order valence-electron chi connectivity index (χ1n) is 9.27. The van der Waals surface area contributed by atoms with E-state index in [1.807, 2.05) is 49.7 Å². The van der Waals surface area contributed by atoms with Gasteiger partial charge in [-0.2, -0.15) is 10.1 Å². The van der Waals surface area contributed by atoms with Crippen molar-refractivity contribution in [1.82, 2.24) is 39.9 Å². The van der Waals surface area contributed by atoms with Crippen LogP contribution in [0.1, 0.15) is 6.92 Å². The van der Waals surface area contributed by atoms with Crippen LogP contribution in [-0.2, 0) is 7.05 Å². The molecule has 30 heavy (non-hydrogen) atoms. The number of nitrogen functional groups attached to an aromatic ring is 1. The second-order valence-corrected chi connectivity index (χ2v) is 7.47. The molecule has 5 aromatic rings. The van der Waals surface area contributed by atoms with Gasteiger partial charge >= 0.3 is 0 Å². The van der Waals surface area contributed by atoms with Gasteiger partial charge in [-0.15, -0.1) is 10.2 Å². The summed E-state index contributed by atoms with van der Waals surface area (Å²) in [6, 6.07) is 3.98. The van der Waals surface area contributed by atoms with Gasteiger partial charge in [-0.1, -0.05) is 11.3 Å². The summed E-state index contributed by atoms with van der Waals surface area (Å²) in [6.07, 6.45) is 7.49. The topological polar surface area (TPSA) is 127 Å². The average molecular weight is 418 g/mol. The maximum atomic E-state index is 6.06. The molecule has 0 aromatic carbocycles. The Labute approximate surface area is 175 Å². The number of aromatic amines is 1. The van der Waals surface area contributed by atoms with E-state index in [9.17, 15) is 0 Å². The first-order chi connectivity index (χ1) is 14.6. The number of pyridine rings is 1. The molecule has 0 aliphatic heterocycles. The Kier molecular flexibility index (Phi) is 4.36. The molecule has 0 spiro atoms. The van der Waals surface area contributed by atoms with Crippen LogP contribution in [0.25, 0.3) is 33.4 Å². The average Bonchev–Trinajstić information content (AvgIpc) is 3.48. The van der Waals surface area contributed by atoms with E-state index in [0.717, 1.165) is 32.9 Å². The zero-order valence-electron chi connectivity index (χ0n) is 16.3. The fourth-order valence-corrected chi connectivity index (χ4v) is 3.99. The van der Waals surface area contributed by atoms with Gasteiger partial charge in [0.15, 0.2) is 0 Å². The van der Waals surface area contributed by atoms with Crippen molar-refractivity contribution >= 4 is 39.3 Å². The lowest BCUT2D eigenvalue weighted by molar-refractivity contribution is 0.768. The molecule has 3 N–H and O–H groups in total. The first-order valence-corrected chi connectivity index (χ1v) is 10.1. The van der Waals surface area contributed by atoms with Gasteiger partial charge in [-0.3, -0.25) is 4.68 Å². The fourth-order valence-electron chi connectivity index (χ4n) is 3.35. The standard InChI is InChI=1S/C19H18N10S/c1-3-29(19-27-23-10-30-19)16-5-15(25-18(20)26-16)14-8-22-17-13(14)4-11(6-21-17)12-7-24-28(2)9-12/h4-10H,3H2,1-2H3,(H,21,22)(H2,20,25,26). The van der Waals surface area contributed by atoms with Crippen LogP contribution in [0.3, 0.4) is 0 Å². The number of nitrogens with two attached hydrogens (primary N) is 1. The highest BCUT2D eigenvalue weighted by Crippen LogP contribution is 2.33. The lowest BCUT2D eigenvalue weighted by Crippen LogP contribution is -2.18. The lowest BCUT2D eigenvalue weighted by atomic mass is 10.1. The summed E-state index contributed by atoms with van der Waals surface area (Å²) in [6.45, 7) is 2.70. The molecule has 0 atom stereocenters. The molecule has 0 bridgehead atoms. The van der Waals surface area contributed by atoms with Crippen molar-refractivity contribution in [3.05, 3.63) is 42.4 Å². The van der Waals surface area contributed by atoms with Crippen molar-refractivity contribution in [2.45, 2.75) is 6.92 Å². The highest BCUT2D eigenvalue weighted by molar-refractivity contribution is 7.13. The number of aromatic nitrogens is 8. The molecule has 0 radical (unpaired) electrons. The Hall–Kier alpha value is -3.86. The smallest absolute Gasteiger partial charge is 0.222 e. The summed E-state index contributed by atoms with van der Waals surface area (Å²) >= 11 is 1.44. The maximum absolute atomic E-state index is 6.06. The van der Waals surface area contributed by atoms with Crippen molar-refractivity contribution in [2.24, 2.45) is 7.05 Å². The van der Waals surface area contributed by atoms with Gasteiger partial charge in [0.05, 0.1) is 11.9 Å². The van der Waals surface area contributed by atoms with Crippen LogP contribution in [-0.4, -0.2) is 46.5 Å². The van der Waals surface area contributed by atoms with E-state index in [2.05, 4.69) is 41.3 Å². The quantitative estimate of drug-likeness (QED) is 0.446. The van der Waals surface area contributed by atoms with Crippen LogP contribution >= 0.6 is 11.3 Å². The zero-order valence-corrected chi connectivity index (χ0v) is 17.1. The SMILES string of the molecule is CCN(c1cc(-c2c[nH]c3ncc(-c4cnn(C)c4)cc23)nc(N)n1)c1nncs1. The van der Waals surface area contributed by atoms with Gasteiger partial charge in [0, 0.05) is 60.3 Å². The van der Waals surface area contributed by atoms with E-state index >= 15 is 0 Å². The summed E-state index contributed by atoms with van der Waals surface area (Å²) in [5.74, 6) is 0.860. The highest BCUT2D eigenvalue weighted by Gasteiger charge is 2.17. The molecule has 0 amide bonds. The molecule has 0 saturated heterocycles. The normalized spacial score (nSPS) is 11.3. The Morgan fingerprint density at radius 3 is 2.83 bits per heavy atom. The Morgan fingerprint density at radius 1 is 1.20 bits per heavy atom. The first kappa shape index (κ1) is 18.2. The van der Waals surface area contributed by atoms with Crippen LogP contribution in [0.2, 0.25) is 0 Å². The van der Waals surface area contributed by atoms with E-state index < -0.39 is 0 Å². The largest absolute Gasteiger partial charge is 0.368 e. The summed E-state index contributed by atoms with van der Waals surface area (Å²) in [4.78, 5) is 18.6. The molecule has 0 aliphatic rings. The summed E-state index contributed by atoms with van der Waals surface area (Å²) in [5, 5.41) is 14.0. The van der Waals surface area contributed by atoms with Gasteiger partial charge in [-0.25, -0.2) is 9.97 Å². The van der Waals surface area contributed by atoms with Crippen LogP contribution in [0, 0.1) is 0 Å². The number of fused-ring (bicyclic) bond motifs is 1. The van der Waals surface area contributed by atoms with Crippen LogP contribution in [0.5, 0.6) is 0 Å². The highest BCUT2D eigenvalue weighted by atomic mass is 32.1. The molecule has 0 saturated carbocycles. The monoisotopic (exact) mass is 418 g/mol. The Morgan fingerprint density at radius 2 is 2.10 bits per heavy atom. The van der Waals surface area contributed by atoms with Gasteiger partial charge in [-0.05, 0) is 13.0 Å². The number of H-pyrrole nitrogens is 1. The number of hydrogen-bond donors (Lipinski definition) is 2. The van der Waals surface area contributed by atoms with E-state index in [4.69, 9.17) is 5.73 Å². The predicted octanol–water partition coefficient (Wildman–Crippen LogP) is 3.01. The molecule has 11 heteroatoms. The van der Waals surface area contributed by atoms with Crippen molar-refractivity contribution in [3.8, 4) is 22.4 Å². The van der Waals surface area contributed by atoms with E-state index in [1.165, 1.54) is 11.3 Å². The summed E-state index contributed by atoms with van der Waals surface area (Å²) in [7, 11) is 1.89. The minimum atomic E-state index is 0.191. The molecule has 5 aromatic heterocycles. The van der Waals surface area contributed by atoms with Crippen LogP contribution < -0.4 is 10.6 Å². The number of nitrogens with one attached hydrogen (secondary N) is 1. The molecule has 5 rings (SSSR count). The van der Waals surface area contributed by atoms with Crippen LogP contribution in [0.4, 0.5) is 16.9 Å². The molecule has 150 valence electrons. The third kappa shape index (κ3) is 3.14. The van der Waals surface area contributed by atoms with Gasteiger partial charge in [0.25, 0.3) is 0 Å². The molecule has 0 unspecified atom stereocenters. The van der Waals surface area contributed by atoms with Crippen LogP contribution in [0.15, 0.2) is 42.4 Å².